The van der Waals surface area contributed by atoms with Crippen LogP contribution < -0.4 is 10.6 Å². The van der Waals surface area contributed by atoms with Gasteiger partial charge in [-0.05, 0) is 36.2 Å². The summed E-state index contributed by atoms with van der Waals surface area (Å²) in [5.74, 6) is 0.218. The molecule has 2 aromatic heterocycles. The second-order valence-corrected chi connectivity index (χ2v) is 6.81. The van der Waals surface area contributed by atoms with Crippen LogP contribution in [0.15, 0.2) is 65.3 Å². The molecule has 30 heavy (non-hydrogen) atoms. The van der Waals surface area contributed by atoms with E-state index in [1.54, 1.807) is 7.11 Å². The summed E-state index contributed by atoms with van der Waals surface area (Å²) in [5, 5.41) is 9.81. The molecule has 4 aromatic rings. The number of methoxy groups -OCH3 is 1. The normalized spacial score (nSPS) is 11.0. The number of carbonyl (C=O) groups is 1. The lowest BCUT2D eigenvalue weighted by Gasteiger charge is -2.09. The van der Waals surface area contributed by atoms with Gasteiger partial charge in [0.2, 0.25) is 11.7 Å². The summed E-state index contributed by atoms with van der Waals surface area (Å²) in [6.45, 7) is 1.96. The molecule has 2 heterocycles. The number of amides is 1. The molecule has 8 heteroatoms. The van der Waals surface area contributed by atoms with Gasteiger partial charge in [0.05, 0.1) is 17.2 Å². The van der Waals surface area contributed by atoms with E-state index in [-0.39, 0.29) is 11.7 Å². The predicted octanol–water partition coefficient (Wildman–Crippen LogP) is 3.93. The van der Waals surface area contributed by atoms with Crippen molar-refractivity contribution in [1.29, 1.82) is 0 Å². The van der Waals surface area contributed by atoms with Crippen LogP contribution in [0.25, 0.3) is 11.0 Å². The number of nitrogens with zero attached hydrogens (tertiary/aromatic N) is 3. The number of aryl methyl sites for hydroxylation is 1. The molecule has 0 aliphatic heterocycles. The van der Waals surface area contributed by atoms with Crippen LogP contribution in [-0.4, -0.2) is 34.3 Å². The Morgan fingerprint density at radius 2 is 2.03 bits per heavy atom. The minimum Gasteiger partial charge on any atom is -0.385 e. The van der Waals surface area contributed by atoms with Crippen LogP contribution in [0.5, 0.6) is 0 Å². The van der Waals surface area contributed by atoms with E-state index in [2.05, 4.69) is 26.8 Å². The number of anilines is 2. The zero-order valence-corrected chi connectivity index (χ0v) is 16.7. The fourth-order valence-corrected chi connectivity index (χ4v) is 3.23. The van der Waals surface area contributed by atoms with Crippen molar-refractivity contribution in [1.82, 2.24) is 14.7 Å². The van der Waals surface area contributed by atoms with Gasteiger partial charge in [-0.2, -0.15) is 0 Å². The highest BCUT2D eigenvalue weighted by molar-refractivity contribution is 6.02. The molecule has 0 spiro atoms. The quantitative estimate of drug-likeness (QED) is 0.410. The Labute approximate surface area is 173 Å². The maximum Gasteiger partial charge on any atom is 0.296 e. The molecule has 1 amide bonds. The van der Waals surface area contributed by atoms with E-state index >= 15 is 0 Å². The van der Waals surface area contributed by atoms with Crippen molar-refractivity contribution in [2.45, 2.75) is 19.5 Å². The summed E-state index contributed by atoms with van der Waals surface area (Å²) >= 11 is 0. The molecule has 0 bridgehead atoms. The van der Waals surface area contributed by atoms with Crippen molar-refractivity contribution in [2.24, 2.45) is 0 Å². The Morgan fingerprint density at radius 1 is 1.17 bits per heavy atom. The van der Waals surface area contributed by atoms with Crippen LogP contribution >= 0.6 is 0 Å². The second-order valence-electron chi connectivity index (χ2n) is 6.81. The molecule has 0 aliphatic rings. The molecule has 8 nitrogen and oxygen atoms in total. The number of ether oxygens (including phenoxy) is 1. The smallest absolute Gasteiger partial charge is 0.296 e. The van der Waals surface area contributed by atoms with Gasteiger partial charge in [0.1, 0.15) is 0 Å². The monoisotopic (exact) mass is 405 g/mol. The molecule has 2 N–H and O–H groups in total. The van der Waals surface area contributed by atoms with Crippen LogP contribution in [0.1, 0.15) is 22.5 Å². The molecule has 154 valence electrons. The number of hydrogen-bond acceptors (Lipinski definition) is 6. The van der Waals surface area contributed by atoms with E-state index in [0.29, 0.717) is 25.6 Å². The maximum atomic E-state index is 12.4. The third-order valence-corrected chi connectivity index (χ3v) is 4.70. The molecule has 0 saturated carbocycles. The van der Waals surface area contributed by atoms with Gasteiger partial charge < -0.3 is 19.1 Å². The van der Waals surface area contributed by atoms with Crippen molar-refractivity contribution in [2.75, 3.05) is 24.4 Å². The molecule has 0 fully saturated rings. The van der Waals surface area contributed by atoms with Gasteiger partial charge in [-0.25, -0.2) is 4.98 Å². The van der Waals surface area contributed by atoms with Crippen molar-refractivity contribution >= 4 is 28.6 Å². The number of benzene rings is 2. The minimum absolute atomic E-state index is 0.137. The average molecular weight is 405 g/mol. The Kier molecular flexibility index (Phi) is 6.05. The highest BCUT2D eigenvalue weighted by Crippen LogP contribution is 2.23. The number of fused-ring (bicyclic) bond motifs is 1. The first kappa shape index (κ1) is 19.7. The molecule has 2 aromatic carbocycles. The summed E-state index contributed by atoms with van der Waals surface area (Å²) in [6.07, 6.45) is 2.23. The highest BCUT2D eigenvalue weighted by atomic mass is 16.5. The van der Waals surface area contributed by atoms with E-state index in [1.165, 1.54) is 12.3 Å². The lowest BCUT2D eigenvalue weighted by atomic mass is 10.2. The molecule has 0 atom stereocenters. The summed E-state index contributed by atoms with van der Waals surface area (Å²) in [4.78, 5) is 17.1. The first-order valence-electron chi connectivity index (χ1n) is 9.73. The first-order valence-corrected chi connectivity index (χ1v) is 9.73. The van der Waals surface area contributed by atoms with Crippen LogP contribution in [-0.2, 0) is 17.8 Å². The Morgan fingerprint density at radius 3 is 2.80 bits per heavy atom. The van der Waals surface area contributed by atoms with Gasteiger partial charge in [0, 0.05) is 38.6 Å². The predicted molar refractivity (Wildman–Crippen MR) is 114 cm³/mol. The van der Waals surface area contributed by atoms with Gasteiger partial charge in [0.15, 0.2) is 0 Å². The Bertz CT molecular complexity index is 1110. The number of imidazole rings is 1. The van der Waals surface area contributed by atoms with Crippen molar-refractivity contribution < 1.29 is 14.1 Å². The zero-order valence-electron chi connectivity index (χ0n) is 16.7. The standard InChI is InChI=1S/C22H23N5O3/c1-29-13-5-12-27-19-9-8-16(15-23-17-6-3-2-4-7-17)14-18(19)25-22(27)26-21(28)20-10-11-24-30-20/h2-4,6-11,14,23H,5,12-13,15H2,1H3,(H,25,26,28). The topological polar surface area (TPSA) is 94.2 Å². The summed E-state index contributed by atoms with van der Waals surface area (Å²) in [6, 6.07) is 17.7. The number of para-hydroxylation sites is 1. The SMILES string of the molecule is COCCCn1c(NC(=O)c2ccno2)nc2cc(CNc3ccccc3)ccc21. The first-order chi connectivity index (χ1) is 14.7. The molecular weight excluding hydrogens is 382 g/mol. The van der Waals surface area contributed by atoms with Crippen LogP contribution in [0.3, 0.4) is 0 Å². The van der Waals surface area contributed by atoms with E-state index in [9.17, 15) is 4.79 Å². The van der Waals surface area contributed by atoms with Crippen LogP contribution in [0.4, 0.5) is 11.6 Å². The zero-order chi connectivity index (χ0) is 20.8. The molecule has 4 rings (SSSR count). The summed E-state index contributed by atoms with van der Waals surface area (Å²) < 4.78 is 12.1. The number of rotatable bonds is 9. The van der Waals surface area contributed by atoms with E-state index < -0.39 is 0 Å². The maximum absolute atomic E-state index is 12.4. The number of hydrogen-bond donors (Lipinski definition) is 2. The molecule has 0 saturated heterocycles. The lowest BCUT2D eigenvalue weighted by molar-refractivity contribution is 0.0986. The van der Waals surface area contributed by atoms with E-state index in [1.807, 2.05) is 47.0 Å². The molecule has 0 unspecified atom stereocenters. The van der Waals surface area contributed by atoms with Gasteiger partial charge in [-0.15, -0.1) is 0 Å². The van der Waals surface area contributed by atoms with Gasteiger partial charge in [-0.3, -0.25) is 10.1 Å². The Hall–Kier alpha value is -3.65. The van der Waals surface area contributed by atoms with Crippen LogP contribution in [0.2, 0.25) is 0 Å². The second kappa shape index (κ2) is 9.23. The van der Waals surface area contributed by atoms with Gasteiger partial charge in [0.25, 0.3) is 5.91 Å². The summed E-state index contributed by atoms with van der Waals surface area (Å²) in [5.41, 5.74) is 3.92. The number of carbonyl (C=O) groups excluding carboxylic acids is 1. The van der Waals surface area contributed by atoms with E-state index in [4.69, 9.17) is 9.26 Å². The summed E-state index contributed by atoms with van der Waals surface area (Å²) in [7, 11) is 1.67. The van der Waals surface area contributed by atoms with E-state index in [0.717, 1.165) is 28.7 Å². The Balaban J connectivity index is 1.58. The molecule has 0 radical (unpaired) electrons. The third kappa shape index (κ3) is 4.49. The number of aromatic nitrogens is 3. The third-order valence-electron chi connectivity index (χ3n) is 4.70. The highest BCUT2D eigenvalue weighted by Gasteiger charge is 2.17. The van der Waals surface area contributed by atoms with Crippen molar-refractivity contribution in [3.63, 3.8) is 0 Å². The molecule has 0 aliphatic carbocycles. The van der Waals surface area contributed by atoms with Gasteiger partial charge >= 0.3 is 0 Å². The van der Waals surface area contributed by atoms with Crippen molar-refractivity contribution in [3.8, 4) is 0 Å². The number of nitrogens with one attached hydrogen (secondary N) is 2. The van der Waals surface area contributed by atoms with Crippen LogP contribution in [0, 0.1) is 0 Å². The fourth-order valence-electron chi connectivity index (χ4n) is 3.23. The fraction of sp³-hybridized carbons (Fsp3) is 0.227. The largest absolute Gasteiger partial charge is 0.385 e. The molecular formula is C22H23N5O3. The minimum atomic E-state index is -0.387. The average Bonchev–Trinajstić information content (AvgIpc) is 3.42. The van der Waals surface area contributed by atoms with Crippen molar-refractivity contribution in [3.05, 3.63) is 72.1 Å². The van der Waals surface area contributed by atoms with Gasteiger partial charge in [-0.1, -0.05) is 29.4 Å². The lowest BCUT2D eigenvalue weighted by Crippen LogP contribution is -2.16.